The van der Waals surface area contributed by atoms with Crippen LogP contribution >= 0.6 is 0 Å². The average Bonchev–Trinajstić information content (AvgIpc) is 2.81. The van der Waals surface area contributed by atoms with Gasteiger partial charge in [-0.25, -0.2) is 12.7 Å². The van der Waals surface area contributed by atoms with Gasteiger partial charge in [-0.05, 0) is 48.7 Å². The van der Waals surface area contributed by atoms with E-state index in [-0.39, 0.29) is 10.8 Å². The summed E-state index contributed by atoms with van der Waals surface area (Å²) in [6, 6.07) is 13.5. The molecule has 8 heteroatoms. The van der Waals surface area contributed by atoms with Crippen LogP contribution in [0.2, 0.25) is 0 Å². The Morgan fingerprint density at radius 2 is 1.73 bits per heavy atom. The van der Waals surface area contributed by atoms with Crippen molar-refractivity contribution in [2.75, 3.05) is 40.3 Å². The van der Waals surface area contributed by atoms with Crippen LogP contribution in [0.1, 0.15) is 27.0 Å². The van der Waals surface area contributed by atoms with Crippen molar-refractivity contribution in [1.29, 1.82) is 0 Å². The maximum Gasteiger partial charge on any atom is 0.253 e. The van der Waals surface area contributed by atoms with Crippen molar-refractivity contribution >= 4 is 26.8 Å². The van der Waals surface area contributed by atoms with Crippen molar-refractivity contribution in [2.45, 2.75) is 25.3 Å². The first-order valence-corrected chi connectivity index (χ1v) is 12.5. The van der Waals surface area contributed by atoms with Crippen LogP contribution in [-0.2, 0) is 16.6 Å². The normalized spacial score (nSPS) is 15.4. The molecule has 0 radical (unpaired) electrons. The number of rotatable bonds is 5. The Bertz CT molecular complexity index is 1290. The quantitative estimate of drug-likeness (QED) is 0.578. The van der Waals surface area contributed by atoms with Gasteiger partial charge < -0.3 is 4.90 Å². The van der Waals surface area contributed by atoms with Crippen molar-refractivity contribution in [3.05, 3.63) is 70.9 Å². The zero-order valence-electron chi connectivity index (χ0n) is 19.6. The van der Waals surface area contributed by atoms with Gasteiger partial charge in [-0.3, -0.25) is 14.7 Å². The van der Waals surface area contributed by atoms with Crippen LogP contribution in [0.25, 0.3) is 10.9 Å². The Labute approximate surface area is 195 Å². The maximum atomic E-state index is 13.2. The van der Waals surface area contributed by atoms with Gasteiger partial charge in [-0.2, -0.15) is 0 Å². The maximum absolute atomic E-state index is 13.2. The fourth-order valence-electron chi connectivity index (χ4n) is 4.24. The summed E-state index contributed by atoms with van der Waals surface area (Å²) in [5.74, 6) is -0.125. The third kappa shape index (κ3) is 4.64. The van der Waals surface area contributed by atoms with E-state index in [9.17, 15) is 13.2 Å². The molecule has 0 unspecified atom stereocenters. The number of pyridine rings is 1. The number of para-hydroxylation sites is 1. The van der Waals surface area contributed by atoms with E-state index in [1.807, 2.05) is 24.1 Å². The summed E-state index contributed by atoms with van der Waals surface area (Å²) in [6.45, 7) is 7.10. The minimum absolute atomic E-state index is 0.125. The van der Waals surface area contributed by atoms with Gasteiger partial charge in [0, 0.05) is 64.0 Å². The highest BCUT2D eigenvalue weighted by Gasteiger charge is 2.26. The largest absolute Gasteiger partial charge is 0.336 e. The smallest absolute Gasteiger partial charge is 0.253 e. The Morgan fingerprint density at radius 3 is 2.42 bits per heavy atom. The summed E-state index contributed by atoms with van der Waals surface area (Å²) in [4.78, 5) is 22.1. The summed E-state index contributed by atoms with van der Waals surface area (Å²) >= 11 is 0. The SMILES string of the molecule is Cc1cc(C(=O)N2CCN(Cc3cccc4cccnc34)CC2)cc(S(=O)(=O)N(C)C)c1C. The summed E-state index contributed by atoms with van der Waals surface area (Å²) < 4.78 is 26.7. The number of fused-ring (bicyclic) bond motifs is 1. The summed E-state index contributed by atoms with van der Waals surface area (Å²) in [7, 11) is -0.623. The van der Waals surface area contributed by atoms with Crippen LogP contribution in [0.3, 0.4) is 0 Å². The van der Waals surface area contributed by atoms with Crippen molar-refractivity contribution in [3.63, 3.8) is 0 Å². The lowest BCUT2D eigenvalue weighted by Crippen LogP contribution is -2.48. The Morgan fingerprint density at radius 1 is 1.03 bits per heavy atom. The van der Waals surface area contributed by atoms with Crippen molar-refractivity contribution < 1.29 is 13.2 Å². The molecule has 0 spiro atoms. The van der Waals surface area contributed by atoms with Crippen LogP contribution in [0.5, 0.6) is 0 Å². The van der Waals surface area contributed by atoms with E-state index >= 15 is 0 Å². The van der Waals surface area contributed by atoms with Gasteiger partial charge in [0.25, 0.3) is 5.91 Å². The molecule has 1 saturated heterocycles. The fourth-order valence-corrected chi connectivity index (χ4v) is 5.46. The van der Waals surface area contributed by atoms with Gasteiger partial charge in [0.2, 0.25) is 10.0 Å². The molecule has 1 amide bonds. The molecular formula is C25H30N4O3S. The van der Waals surface area contributed by atoms with Crippen LogP contribution < -0.4 is 0 Å². The molecule has 1 aromatic heterocycles. The lowest BCUT2D eigenvalue weighted by atomic mass is 10.0. The number of piperazine rings is 1. The van der Waals surface area contributed by atoms with Crippen molar-refractivity contribution in [1.82, 2.24) is 19.1 Å². The first-order chi connectivity index (χ1) is 15.7. The van der Waals surface area contributed by atoms with E-state index in [1.54, 1.807) is 13.0 Å². The summed E-state index contributed by atoms with van der Waals surface area (Å²) in [5.41, 5.74) is 4.09. The van der Waals surface area contributed by atoms with Crippen LogP contribution in [0, 0.1) is 13.8 Å². The monoisotopic (exact) mass is 466 g/mol. The molecule has 4 rings (SSSR count). The Hall–Kier alpha value is -2.81. The molecule has 0 bridgehead atoms. The highest BCUT2D eigenvalue weighted by molar-refractivity contribution is 7.89. The molecule has 0 aliphatic carbocycles. The number of hydrogen-bond donors (Lipinski definition) is 0. The summed E-state index contributed by atoms with van der Waals surface area (Å²) in [5, 5.41) is 1.13. The number of benzene rings is 2. The van der Waals surface area contributed by atoms with E-state index in [1.165, 1.54) is 30.0 Å². The number of sulfonamides is 1. The van der Waals surface area contributed by atoms with Gasteiger partial charge in [0.05, 0.1) is 10.4 Å². The first kappa shape index (κ1) is 23.4. The predicted octanol–water partition coefficient (Wildman–Crippen LogP) is 3.06. The van der Waals surface area contributed by atoms with Crippen molar-refractivity contribution in [3.8, 4) is 0 Å². The van der Waals surface area contributed by atoms with E-state index in [4.69, 9.17) is 0 Å². The van der Waals surface area contributed by atoms with E-state index in [0.29, 0.717) is 24.2 Å². The molecule has 33 heavy (non-hydrogen) atoms. The third-order valence-electron chi connectivity index (χ3n) is 6.40. The lowest BCUT2D eigenvalue weighted by Gasteiger charge is -2.35. The second kappa shape index (κ2) is 9.21. The topological polar surface area (TPSA) is 73.8 Å². The molecule has 1 fully saturated rings. The second-order valence-corrected chi connectivity index (χ2v) is 10.9. The van der Waals surface area contributed by atoms with Crippen molar-refractivity contribution in [2.24, 2.45) is 0 Å². The number of aryl methyl sites for hydroxylation is 1. The molecule has 7 nitrogen and oxygen atoms in total. The van der Waals surface area contributed by atoms with Gasteiger partial charge in [-0.15, -0.1) is 0 Å². The van der Waals surface area contributed by atoms with Crippen LogP contribution in [0.4, 0.5) is 0 Å². The molecule has 1 aliphatic rings. The Kier molecular flexibility index (Phi) is 6.52. The van der Waals surface area contributed by atoms with Crippen LogP contribution in [0.15, 0.2) is 53.6 Å². The van der Waals surface area contributed by atoms with Crippen LogP contribution in [-0.4, -0.2) is 73.7 Å². The number of amides is 1. The first-order valence-electron chi connectivity index (χ1n) is 11.1. The predicted molar refractivity (Wildman–Crippen MR) is 130 cm³/mol. The highest BCUT2D eigenvalue weighted by Crippen LogP contribution is 2.25. The van der Waals surface area contributed by atoms with Gasteiger partial charge in [0.1, 0.15) is 0 Å². The molecule has 0 atom stereocenters. The molecule has 174 valence electrons. The van der Waals surface area contributed by atoms with Gasteiger partial charge in [-0.1, -0.05) is 24.3 Å². The Balaban J connectivity index is 1.48. The number of aromatic nitrogens is 1. The van der Waals surface area contributed by atoms with Gasteiger partial charge >= 0.3 is 0 Å². The molecule has 0 N–H and O–H groups in total. The van der Waals surface area contributed by atoms with E-state index < -0.39 is 10.0 Å². The molecular weight excluding hydrogens is 436 g/mol. The standard InChI is InChI=1S/C25H30N4O3S/c1-18-15-22(16-23(19(18)2)33(31,32)27(3)4)25(30)29-13-11-28(12-14-29)17-21-8-5-7-20-9-6-10-26-24(20)21/h5-10,15-16H,11-14,17H2,1-4H3. The molecule has 3 aromatic rings. The zero-order valence-corrected chi connectivity index (χ0v) is 20.4. The number of nitrogens with zero attached hydrogens (tertiary/aromatic N) is 4. The van der Waals surface area contributed by atoms with Gasteiger partial charge in [0.15, 0.2) is 0 Å². The second-order valence-electron chi connectivity index (χ2n) is 8.76. The molecule has 2 aromatic carbocycles. The fraction of sp³-hybridized carbons (Fsp3) is 0.360. The third-order valence-corrected chi connectivity index (χ3v) is 8.34. The number of carbonyl (C=O) groups is 1. The highest BCUT2D eigenvalue weighted by atomic mass is 32.2. The van der Waals surface area contributed by atoms with E-state index in [2.05, 4.69) is 34.1 Å². The minimum atomic E-state index is -3.63. The minimum Gasteiger partial charge on any atom is -0.336 e. The molecule has 0 saturated carbocycles. The molecule has 2 heterocycles. The molecule has 1 aliphatic heterocycles. The number of carbonyl (C=O) groups excluding carboxylic acids is 1. The lowest BCUT2D eigenvalue weighted by molar-refractivity contribution is 0.0628. The number of hydrogen-bond acceptors (Lipinski definition) is 5. The zero-order chi connectivity index (χ0) is 23.8. The average molecular weight is 467 g/mol. The van der Waals surface area contributed by atoms with E-state index in [0.717, 1.165) is 36.1 Å². The summed E-state index contributed by atoms with van der Waals surface area (Å²) in [6.07, 6.45) is 1.82.